The number of benzene rings is 2. The maximum absolute atomic E-state index is 13.7. The Morgan fingerprint density at radius 2 is 1.94 bits per heavy atom. The first kappa shape index (κ1) is 23.5. The SMILES string of the molecule is CN(Cc1cccc(S(C)(=O)=O)c1)c1nc(Nc2ccc3c(c2)NC(=O)C3)ncc1C(F)(F)F. The van der Waals surface area contributed by atoms with Crippen LogP contribution in [0.4, 0.5) is 36.3 Å². The minimum Gasteiger partial charge on any atom is -0.355 e. The number of hydrogen-bond donors (Lipinski definition) is 2. The topological polar surface area (TPSA) is 104 Å². The van der Waals surface area contributed by atoms with Crippen molar-refractivity contribution in [3.8, 4) is 0 Å². The van der Waals surface area contributed by atoms with Gasteiger partial charge in [0.05, 0.1) is 11.3 Å². The zero-order valence-corrected chi connectivity index (χ0v) is 19.0. The fourth-order valence-electron chi connectivity index (χ4n) is 3.57. The van der Waals surface area contributed by atoms with Crippen molar-refractivity contribution in [2.24, 2.45) is 0 Å². The number of carbonyl (C=O) groups is 1. The van der Waals surface area contributed by atoms with E-state index in [2.05, 4.69) is 20.6 Å². The summed E-state index contributed by atoms with van der Waals surface area (Å²) in [6.07, 6.45) is -2.68. The molecule has 0 radical (unpaired) electrons. The van der Waals surface area contributed by atoms with Crippen LogP contribution in [0.25, 0.3) is 0 Å². The Balaban J connectivity index is 1.64. The molecular weight excluding hydrogens is 471 g/mol. The van der Waals surface area contributed by atoms with Crippen molar-refractivity contribution in [2.75, 3.05) is 28.8 Å². The van der Waals surface area contributed by atoms with Crippen molar-refractivity contribution >= 4 is 38.9 Å². The summed E-state index contributed by atoms with van der Waals surface area (Å²) in [7, 11) is -2.04. The number of anilines is 4. The minimum absolute atomic E-state index is 0.0201. The van der Waals surface area contributed by atoms with Crippen molar-refractivity contribution in [3.05, 3.63) is 65.4 Å². The van der Waals surface area contributed by atoms with Gasteiger partial charge in [0.1, 0.15) is 11.4 Å². The number of hydrogen-bond acceptors (Lipinski definition) is 7. The number of fused-ring (bicyclic) bond motifs is 1. The molecule has 1 aromatic heterocycles. The van der Waals surface area contributed by atoms with E-state index >= 15 is 0 Å². The molecule has 1 aliphatic heterocycles. The molecule has 2 N–H and O–H groups in total. The van der Waals surface area contributed by atoms with E-state index in [4.69, 9.17) is 0 Å². The quantitative estimate of drug-likeness (QED) is 0.541. The Bertz CT molecular complexity index is 1380. The van der Waals surface area contributed by atoms with Gasteiger partial charge in [-0.15, -0.1) is 0 Å². The van der Waals surface area contributed by atoms with Crippen LogP contribution >= 0.6 is 0 Å². The normalized spacial score (nSPS) is 13.4. The maximum Gasteiger partial charge on any atom is 0.421 e. The molecule has 0 spiro atoms. The molecule has 0 unspecified atom stereocenters. The second-order valence-electron chi connectivity index (χ2n) is 7.93. The van der Waals surface area contributed by atoms with E-state index < -0.39 is 21.6 Å². The van der Waals surface area contributed by atoms with Crippen LogP contribution in [0.3, 0.4) is 0 Å². The first-order chi connectivity index (χ1) is 15.9. The zero-order valence-electron chi connectivity index (χ0n) is 18.1. The minimum atomic E-state index is -4.70. The molecule has 1 amide bonds. The number of nitrogens with one attached hydrogen (secondary N) is 2. The average Bonchev–Trinajstić information content (AvgIpc) is 3.12. The van der Waals surface area contributed by atoms with Gasteiger partial charge in [0, 0.05) is 37.4 Å². The van der Waals surface area contributed by atoms with E-state index in [1.807, 2.05) is 0 Å². The first-order valence-corrected chi connectivity index (χ1v) is 11.9. The van der Waals surface area contributed by atoms with Gasteiger partial charge in [-0.3, -0.25) is 4.79 Å². The highest BCUT2D eigenvalue weighted by molar-refractivity contribution is 7.90. The summed E-state index contributed by atoms with van der Waals surface area (Å²) < 4.78 is 64.6. The second-order valence-corrected chi connectivity index (χ2v) is 9.94. The Kier molecular flexibility index (Phi) is 5.94. The van der Waals surface area contributed by atoms with E-state index in [-0.39, 0.29) is 35.5 Å². The molecule has 0 saturated heterocycles. The largest absolute Gasteiger partial charge is 0.421 e. The van der Waals surface area contributed by atoms with Gasteiger partial charge in [-0.2, -0.15) is 18.2 Å². The number of halogens is 3. The van der Waals surface area contributed by atoms with Gasteiger partial charge in [0.15, 0.2) is 9.84 Å². The molecule has 0 saturated carbocycles. The molecule has 12 heteroatoms. The van der Waals surface area contributed by atoms with Crippen molar-refractivity contribution in [3.63, 3.8) is 0 Å². The highest BCUT2D eigenvalue weighted by atomic mass is 32.2. The van der Waals surface area contributed by atoms with Gasteiger partial charge in [0.2, 0.25) is 11.9 Å². The van der Waals surface area contributed by atoms with Crippen LogP contribution in [-0.2, 0) is 33.8 Å². The standard InChI is InChI=1S/C22H20F3N5O3S/c1-30(12-13-4-3-5-16(8-13)34(2,32)33)20-17(22(23,24)25)11-26-21(29-20)27-15-7-6-14-9-19(31)28-18(14)10-15/h3-8,10-11H,9,12H2,1-2H3,(H,28,31)(H,26,27,29). The number of amides is 1. The summed E-state index contributed by atoms with van der Waals surface area (Å²) in [6.45, 7) is -0.0201. The number of nitrogens with zero attached hydrogens (tertiary/aromatic N) is 3. The third-order valence-corrected chi connectivity index (χ3v) is 6.28. The molecule has 0 bridgehead atoms. The third kappa shape index (κ3) is 5.11. The Hall–Kier alpha value is -3.67. The number of alkyl halides is 3. The van der Waals surface area contributed by atoms with Gasteiger partial charge < -0.3 is 15.5 Å². The lowest BCUT2D eigenvalue weighted by molar-refractivity contribution is -0.137. The smallest absolute Gasteiger partial charge is 0.355 e. The summed E-state index contributed by atoms with van der Waals surface area (Å²) in [5, 5.41) is 5.57. The van der Waals surface area contributed by atoms with Crippen LogP contribution < -0.4 is 15.5 Å². The lowest BCUT2D eigenvalue weighted by Crippen LogP contribution is -2.23. The molecule has 2 aromatic carbocycles. The fourth-order valence-corrected chi connectivity index (χ4v) is 4.26. The molecule has 8 nitrogen and oxygen atoms in total. The summed E-state index contributed by atoms with van der Waals surface area (Å²) in [6, 6.07) is 11.1. The number of sulfone groups is 1. The third-order valence-electron chi connectivity index (χ3n) is 5.17. The molecule has 0 aliphatic carbocycles. The highest BCUT2D eigenvalue weighted by Crippen LogP contribution is 2.36. The van der Waals surface area contributed by atoms with Crippen LogP contribution in [0, 0.1) is 0 Å². The van der Waals surface area contributed by atoms with Gasteiger partial charge >= 0.3 is 6.18 Å². The number of aromatic nitrogens is 2. The van der Waals surface area contributed by atoms with Crippen molar-refractivity contribution in [1.29, 1.82) is 0 Å². The maximum atomic E-state index is 13.7. The summed E-state index contributed by atoms with van der Waals surface area (Å²) in [5.41, 5.74) is 1.41. The van der Waals surface area contributed by atoms with Crippen LogP contribution in [0.15, 0.2) is 53.6 Å². The van der Waals surface area contributed by atoms with E-state index in [1.165, 1.54) is 30.1 Å². The highest BCUT2D eigenvalue weighted by Gasteiger charge is 2.36. The molecule has 1 aliphatic rings. The number of rotatable bonds is 6. The Morgan fingerprint density at radius 3 is 2.65 bits per heavy atom. The van der Waals surface area contributed by atoms with Crippen LogP contribution in [0.5, 0.6) is 0 Å². The predicted octanol–water partition coefficient (Wildman–Crippen LogP) is 3.77. The molecule has 0 atom stereocenters. The first-order valence-electron chi connectivity index (χ1n) is 10.0. The molecule has 4 rings (SSSR count). The average molecular weight is 491 g/mol. The molecule has 2 heterocycles. The lowest BCUT2D eigenvalue weighted by Gasteiger charge is -2.23. The van der Waals surface area contributed by atoms with Gasteiger partial charge in [-0.1, -0.05) is 18.2 Å². The van der Waals surface area contributed by atoms with Gasteiger partial charge in [-0.05, 0) is 35.4 Å². The van der Waals surface area contributed by atoms with Crippen LogP contribution in [0.2, 0.25) is 0 Å². The van der Waals surface area contributed by atoms with E-state index in [0.717, 1.165) is 11.8 Å². The summed E-state index contributed by atoms with van der Waals surface area (Å²) >= 11 is 0. The molecule has 0 fully saturated rings. The molecule has 34 heavy (non-hydrogen) atoms. The fraction of sp³-hybridized carbons (Fsp3) is 0.227. The van der Waals surface area contributed by atoms with Crippen molar-refractivity contribution in [1.82, 2.24) is 9.97 Å². The lowest BCUT2D eigenvalue weighted by atomic mass is 10.1. The Labute approximate surface area is 193 Å². The summed E-state index contributed by atoms with van der Waals surface area (Å²) in [5.74, 6) is -0.574. The molecule has 3 aromatic rings. The predicted molar refractivity (Wildman–Crippen MR) is 121 cm³/mol. The molecule has 178 valence electrons. The second kappa shape index (κ2) is 8.60. The summed E-state index contributed by atoms with van der Waals surface area (Å²) in [4.78, 5) is 20.8. The molecular formula is C22H20F3N5O3S. The zero-order chi connectivity index (χ0) is 24.7. The van der Waals surface area contributed by atoms with Gasteiger partial charge in [0.25, 0.3) is 0 Å². The van der Waals surface area contributed by atoms with Crippen molar-refractivity contribution in [2.45, 2.75) is 24.0 Å². The monoisotopic (exact) mass is 491 g/mol. The van der Waals surface area contributed by atoms with Crippen LogP contribution in [-0.4, -0.2) is 37.6 Å². The van der Waals surface area contributed by atoms with E-state index in [0.29, 0.717) is 23.1 Å². The Morgan fingerprint density at radius 1 is 1.18 bits per heavy atom. The van der Waals surface area contributed by atoms with Crippen molar-refractivity contribution < 1.29 is 26.4 Å². The van der Waals surface area contributed by atoms with Crippen LogP contribution in [0.1, 0.15) is 16.7 Å². The number of carbonyl (C=O) groups excluding carboxylic acids is 1. The van der Waals surface area contributed by atoms with E-state index in [1.54, 1.807) is 24.3 Å². The van der Waals surface area contributed by atoms with Gasteiger partial charge in [-0.25, -0.2) is 13.4 Å². The van der Waals surface area contributed by atoms with E-state index in [9.17, 15) is 26.4 Å².